The normalized spacial score (nSPS) is 24.1. The average molecular weight is 358 g/mol. The van der Waals surface area contributed by atoms with Crippen LogP contribution in [0.5, 0.6) is 0 Å². The van der Waals surface area contributed by atoms with Crippen LogP contribution in [0.2, 0.25) is 5.02 Å². The SMILES string of the molecule is O=C(O)c1ccc(NC(=O)C2CC23CCS(=O)(=O)CC3)cc1Cl. The van der Waals surface area contributed by atoms with Gasteiger partial charge in [-0.15, -0.1) is 0 Å². The second-order valence-corrected chi connectivity index (χ2v) is 8.97. The van der Waals surface area contributed by atoms with Crippen LogP contribution in [-0.4, -0.2) is 36.9 Å². The smallest absolute Gasteiger partial charge is 0.337 e. The van der Waals surface area contributed by atoms with Gasteiger partial charge in [0, 0.05) is 11.6 Å². The molecule has 8 heteroatoms. The fourth-order valence-electron chi connectivity index (χ4n) is 3.21. The van der Waals surface area contributed by atoms with Crippen molar-refractivity contribution in [3.05, 3.63) is 28.8 Å². The van der Waals surface area contributed by atoms with Gasteiger partial charge in [-0.05, 0) is 42.9 Å². The highest BCUT2D eigenvalue weighted by atomic mass is 35.5. The van der Waals surface area contributed by atoms with E-state index in [1.54, 1.807) is 0 Å². The van der Waals surface area contributed by atoms with Gasteiger partial charge in [0.25, 0.3) is 0 Å². The molecule has 6 nitrogen and oxygen atoms in total. The molecule has 1 saturated carbocycles. The van der Waals surface area contributed by atoms with E-state index >= 15 is 0 Å². The van der Waals surface area contributed by atoms with Gasteiger partial charge in [0.15, 0.2) is 0 Å². The number of hydrogen-bond acceptors (Lipinski definition) is 4. The molecule has 1 saturated heterocycles. The Balaban J connectivity index is 1.65. The number of aromatic carboxylic acids is 1. The summed E-state index contributed by atoms with van der Waals surface area (Å²) in [5, 5.41) is 11.7. The molecule has 1 amide bonds. The minimum Gasteiger partial charge on any atom is -0.478 e. The topological polar surface area (TPSA) is 101 Å². The number of nitrogens with one attached hydrogen (secondary N) is 1. The molecule has 23 heavy (non-hydrogen) atoms. The molecule has 3 rings (SSSR count). The maximum atomic E-state index is 12.3. The fraction of sp³-hybridized carbons (Fsp3) is 0.467. The number of carbonyl (C=O) groups excluding carboxylic acids is 1. The van der Waals surface area contributed by atoms with Crippen molar-refractivity contribution in [3.63, 3.8) is 0 Å². The third kappa shape index (κ3) is 3.21. The minimum absolute atomic E-state index is 0.0231. The Morgan fingerprint density at radius 2 is 1.91 bits per heavy atom. The largest absolute Gasteiger partial charge is 0.478 e. The Labute approximate surface area is 138 Å². The number of carbonyl (C=O) groups is 2. The van der Waals surface area contributed by atoms with Crippen LogP contribution >= 0.6 is 11.6 Å². The summed E-state index contributed by atoms with van der Waals surface area (Å²) in [4.78, 5) is 23.2. The van der Waals surface area contributed by atoms with E-state index in [1.807, 2.05) is 0 Å². The van der Waals surface area contributed by atoms with E-state index in [1.165, 1.54) is 18.2 Å². The van der Waals surface area contributed by atoms with E-state index in [2.05, 4.69) is 5.32 Å². The second-order valence-electron chi connectivity index (χ2n) is 6.26. The summed E-state index contributed by atoms with van der Waals surface area (Å²) in [6.45, 7) is 0. The zero-order valence-electron chi connectivity index (χ0n) is 12.2. The van der Waals surface area contributed by atoms with Crippen LogP contribution in [-0.2, 0) is 14.6 Å². The molecule has 1 aromatic rings. The first-order valence-electron chi connectivity index (χ1n) is 7.27. The van der Waals surface area contributed by atoms with Crippen LogP contribution in [0, 0.1) is 11.3 Å². The third-order valence-electron chi connectivity index (χ3n) is 4.80. The first-order chi connectivity index (χ1) is 10.7. The Morgan fingerprint density at radius 1 is 1.26 bits per heavy atom. The Kier molecular flexibility index (Phi) is 3.88. The Morgan fingerprint density at radius 3 is 2.48 bits per heavy atom. The maximum absolute atomic E-state index is 12.3. The van der Waals surface area contributed by atoms with Crippen molar-refractivity contribution in [3.8, 4) is 0 Å². The number of halogens is 1. The predicted molar refractivity (Wildman–Crippen MR) is 85.5 cm³/mol. The van der Waals surface area contributed by atoms with Crippen molar-refractivity contribution in [2.45, 2.75) is 19.3 Å². The highest BCUT2D eigenvalue weighted by molar-refractivity contribution is 7.91. The lowest BCUT2D eigenvalue weighted by Crippen LogP contribution is -2.28. The zero-order chi connectivity index (χ0) is 16.8. The molecule has 0 aromatic heterocycles. The standard InChI is InChI=1S/C15H16ClNO5S/c16-12-7-9(1-2-10(12)14(19)20)17-13(18)11-8-15(11)3-5-23(21,22)6-4-15/h1-2,7,11H,3-6,8H2,(H,17,18)(H,19,20). The van der Waals surface area contributed by atoms with Gasteiger partial charge in [-0.3, -0.25) is 4.79 Å². The fourth-order valence-corrected chi connectivity index (χ4v) is 5.11. The highest BCUT2D eigenvalue weighted by Crippen LogP contribution is 2.60. The third-order valence-corrected chi connectivity index (χ3v) is 6.76. The first-order valence-corrected chi connectivity index (χ1v) is 9.47. The van der Waals surface area contributed by atoms with Crippen molar-refractivity contribution in [2.75, 3.05) is 16.8 Å². The summed E-state index contributed by atoms with van der Waals surface area (Å²) in [5.74, 6) is -1.18. The number of carboxylic acids is 1. The van der Waals surface area contributed by atoms with Crippen molar-refractivity contribution >= 4 is 39.0 Å². The number of anilines is 1. The van der Waals surface area contributed by atoms with Crippen molar-refractivity contribution in [2.24, 2.45) is 11.3 Å². The van der Waals surface area contributed by atoms with Gasteiger partial charge >= 0.3 is 5.97 Å². The van der Waals surface area contributed by atoms with E-state index in [0.717, 1.165) is 0 Å². The van der Waals surface area contributed by atoms with Crippen LogP contribution in [0.1, 0.15) is 29.6 Å². The van der Waals surface area contributed by atoms with Crippen LogP contribution in [0.3, 0.4) is 0 Å². The summed E-state index contributed by atoms with van der Waals surface area (Å²) >= 11 is 5.88. The van der Waals surface area contributed by atoms with Gasteiger partial charge in [-0.25, -0.2) is 13.2 Å². The van der Waals surface area contributed by atoms with Gasteiger partial charge < -0.3 is 10.4 Å². The Hall–Kier alpha value is -1.60. The molecule has 1 aliphatic heterocycles. The van der Waals surface area contributed by atoms with Gasteiger partial charge in [-0.2, -0.15) is 0 Å². The molecule has 2 aliphatic rings. The number of carboxylic acid groups (broad SMARTS) is 1. The molecule has 1 unspecified atom stereocenters. The summed E-state index contributed by atoms with van der Waals surface area (Å²) in [7, 11) is -2.95. The van der Waals surface area contributed by atoms with E-state index in [0.29, 0.717) is 24.9 Å². The summed E-state index contributed by atoms with van der Waals surface area (Å²) in [6, 6.07) is 4.24. The monoisotopic (exact) mass is 357 g/mol. The van der Waals surface area contributed by atoms with Crippen molar-refractivity contribution in [1.29, 1.82) is 0 Å². The van der Waals surface area contributed by atoms with Crippen LogP contribution in [0.15, 0.2) is 18.2 Å². The molecule has 0 radical (unpaired) electrons. The van der Waals surface area contributed by atoms with Gasteiger partial charge in [0.2, 0.25) is 5.91 Å². The first kappa shape index (κ1) is 16.3. The number of hydrogen-bond donors (Lipinski definition) is 2. The molecule has 124 valence electrons. The van der Waals surface area contributed by atoms with Crippen LogP contribution < -0.4 is 5.32 Å². The summed E-state index contributed by atoms with van der Waals surface area (Å²) in [5.41, 5.74) is 0.237. The number of sulfone groups is 1. The molecular weight excluding hydrogens is 342 g/mol. The lowest BCUT2D eigenvalue weighted by atomic mass is 9.96. The van der Waals surface area contributed by atoms with E-state index in [9.17, 15) is 18.0 Å². The second kappa shape index (κ2) is 5.49. The zero-order valence-corrected chi connectivity index (χ0v) is 13.8. The lowest BCUT2D eigenvalue weighted by molar-refractivity contribution is -0.118. The highest BCUT2D eigenvalue weighted by Gasteiger charge is 2.59. The Bertz CT molecular complexity index is 775. The number of rotatable bonds is 3. The van der Waals surface area contributed by atoms with E-state index in [-0.39, 0.29) is 39.3 Å². The lowest BCUT2D eigenvalue weighted by Gasteiger charge is -2.22. The van der Waals surface area contributed by atoms with Gasteiger partial charge in [0.1, 0.15) is 9.84 Å². The predicted octanol–water partition coefficient (Wildman–Crippen LogP) is 2.19. The molecule has 2 N–H and O–H groups in total. The molecule has 1 aliphatic carbocycles. The van der Waals surface area contributed by atoms with Gasteiger partial charge in [-0.1, -0.05) is 11.6 Å². The molecular formula is C15H16ClNO5S. The summed E-state index contributed by atoms with van der Waals surface area (Å²) in [6.07, 6.45) is 1.77. The maximum Gasteiger partial charge on any atom is 0.337 e. The summed E-state index contributed by atoms with van der Waals surface area (Å²) < 4.78 is 23.0. The molecule has 2 fully saturated rings. The molecule has 1 heterocycles. The molecule has 0 bridgehead atoms. The minimum atomic E-state index is -2.95. The van der Waals surface area contributed by atoms with Crippen molar-refractivity contribution in [1.82, 2.24) is 0 Å². The van der Waals surface area contributed by atoms with E-state index < -0.39 is 15.8 Å². The molecule has 1 atom stereocenters. The molecule has 1 spiro atoms. The van der Waals surface area contributed by atoms with Crippen LogP contribution in [0.25, 0.3) is 0 Å². The number of amides is 1. The van der Waals surface area contributed by atoms with Crippen LogP contribution in [0.4, 0.5) is 5.69 Å². The average Bonchev–Trinajstić information content (AvgIpc) is 3.17. The number of benzene rings is 1. The quantitative estimate of drug-likeness (QED) is 0.863. The van der Waals surface area contributed by atoms with Gasteiger partial charge in [0.05, 0.1) is 22.1 Å². The van der Waals surface area contributed by atoms with Crippen molar-refractivity contribution < 1.29 is 23.1 Å². The van der Waals surface area contributed by atoms with E-state index in [4.69, 9.17) is 16.7 Å². The molecule has 1 aromatic carbocycles.